The van der Waals surface area contributed by atoms with Crippen molar-refractivity contribution in [1.29, 1.82) is 0 Å². The number of carbonyl (C=O) groups is 1. The fourth-order valence-electron chi connectivity index (χ4n) is 1.58. The molecule has 6 nitrogen and oxygen atoms in total. The molecule has 0 amide bonds. The number of ether oxygens (including phenoxy) is 1. The summed E-state index contributed by atoms with van der Waals surface area (Å²) in [4.78, 5) is 21.0. The van der Waals surface area contributed by atoms with Crippen LogP contribution in [0.5, 0.6) is 0 Å². The second-order valence-electron chi connectivity index (χ2n) is 3.95. The number of epoxide rings is 1. The largest absolute Gasteiger partial charge is 0.358 e. The van der Waals surface area contributed by atoms with E-state index in [0.29, 0.717) is 12.1 Å². The van der Waals surface area contributed by atoms with E-state index in [4.69, 9.17) is 4.74 Å². The van der Waals surface area contributed by atoms with Crippen molar-refractivity contribution in [3.8, 4) is 0 Å². The highest BCUT2D eigenvalue weighted by atomic mass is 16.6. The van der Waals surface area contributed by atoms with Gasteiger partial charge in [-0.2, -0.15) is 0 Å². The fourth-order valence-corrected chi connectivity index (χ4v) is 1.58. The normalized spacial score (nSPS) is 21.9. The van der Waals surface area contributed by atoms with Crippen molar-refractivity contribution in [2.75, 3.05) is 5.32 Å². The van der Waals surface area contributed by atoms with Crippen LogP contribution in [-0.4, -0.2) is 23.0 Å². The van der Waals surface area contributed by atoms with E-state index in [0.717, 1.165) is 0 Å². The summed E-state index contributed by atoms with van der Waals surface area (Å²) in [5.74, 6) is 0.0679. The molecule has 1 N–H and O–H groups in total. The Kier molecular flexibility index (Phi) is 3.06. The van der Waals surface area contributed by atoms with Gasteiger partial charge in [-0.3, -0.25) is 14.9 Å². The lowest BCUT2D eigenvalue weighted by Crippen LogP contribution is -2.09. The SMILES string of the molecule is CC(=O)CC1OC1Nc1cccc([N+](=O)[O-])c1. The maximum Gasteiger partial charge on any atom is 0.271 e. The summed E-state index contributed by atoms with van der Waals surface area (Å²) in [7, 11) is 0. The molecule has 0 saturated carbocycles. The van der Waals surface area contributed by atoms with Crippen LogP contribution in [0.4, 0.5) is 11.4 Å². The minimum absolute atomic E-state index is 0.0266. The van der Waals surface area contributed by atoms with Crippen molar-refractivity contribution in [3.05, 3.63) is 34.4 Å². The van der Waals surface area contributed by atoms with Gasteiger partial charge in [-0.15, -0.1) is 0 Å². The Morgan fingerprint density at radius 2 is 2.35 bits per heavy atom. The highest BCUT2D eigenvalue weighted by Crippen LogP contribution is 2.28. The molecular weight excluding hydrogens is 224 g/mol. The lowest BCUT2D eigenvalue weighted by molar-refractivity contribution is -0.384. The van der Waals surface area contributed by atoms with Crippen molar-refractivity contribution in [2.45, 2.75) is 25.7 Å². The third-order valence-electron chi connectivity index (χ3n) is 2.44. The third-order valence-corrected chi connectivity index (χ3v) is 2.44. The minimum Gasteiger partial charge on any atom is -0.358 e. The number of nitrogens with one attached hydrogen (secondary N) is 1. The molecule has 90 valence electrons. The number of carbonyl (C=O) groups excluding carboxylic acids is 1. The molecule has 1 aliphatic heterocycles. The highest BCUT2D eigenvalue weighted by molar-refractivity contribution is 5.76. The molecule has 1 aromatic carbocycles. The van der Waals surface area contributed by atoms with Crippen molar-refractivity contribution >= 4 is 17.2 Å². The smallest absolute Gasteiger partial charge is 0.271 e. The standard InChI is InChI=1S/C11H12N2O4/c1-7(14)5-10-11(17-10)12-8-3-2-4-9(6-8)13(15)16/h2-4,6,10-12H,5H2,1H3. The van der Waals surface area contributed by atoms with Crippen molar-refractivity contribution < 1.29 is 14.5 Å². The summed E-state index contributed by atoms with van der Waals surface area (Å²) in [6.07, 6.45) is 0.0275. The van der Waals surface area contributed by atoms with Gasteiger partial charge >= 0.3 is 0 Å². The predicted octanol–water partition coefficient (Wildman–Crippen LogP) is 1.71. The van der Waals surface area contributed by atoms with E-state index in [1.807, 2.05) is 0 Å². The Morgan fingerprint density at radius 3 is 3.00 bits per heavy atom. The number of non-ortho nitro benzene ring substituents is 1. The highest BCUT2D eigenvalue weighted by Gasteiger charge is 2.39. The van der Waals surface area contributed by atoms with Crippen LogP contribution in [0.3, 0.4) is 0 Å². The number of benzene rings is 1. The number of ketones is 1. The van der Waals surface area contributed by atoms with Gasteiger partial charge < -0.3 is 10.1 Å². The molecule has 2 rings (SSSR count). The Balaban J connectivity index is 1.94. The first-order valence-electron chi connectivity index (χ1n) is 5.22. The summed E-state index contributed by atoms with van der Waals surface area (Å²) in [5, 5.41) is 13.6. The lowest BCUT2D eigenvalue weighted by atomic mass is 10.2. The quantitative estimate of drug-likeness (QED) is 0.478. The van der Waals surface area contributed by atoms with Crippen molar-refractivity contribution in [3.63, 3.8) is 0 Å². The maximum absolute atomic E-state index is 10.8. The molecule has 0 aromatic heterocycles. The van der Waals surface area contributed by atoms with E-state index in [1.54, 1.807) is 12.1 Å². The zero-order chi connectivity index (χ0) is 12.4. The van der Waals surface area contributed by atoms with E-state index in [-0.39, 0.29) is 23.8 Å². The molecule has 0 bridgehead atoms. The van der Waals surface area contributed by atoms with Crippen molar-refractivity contribution in [2.24, 2.45) is 0 Å². The Morgan fingerprint density at radius 1 is 1.59 bits per heavy atom. The van der Waals surface area contributed by atoms with Gasteiger partial charge in [0.1, 0.15) is 11.9 Å². The van der Waals surface area contributed by atoms with Gasteiger partial charge in [0.2, 0.25) is 0 Å². The first-order chi connectivity index (χ1) is 8.06. The number of hydrogen-bond acceptors (Lipinski definition) is 5. The van der Waals surface area contributed by atoms with Crippen LogP contribution in [0.1, 0.15) is 13.3 Å². The summed E-state index contributed by atoms with van der Waals surface area (Å²) in [6.45, 7) is 1.51. The van der Waals surface area contributed by atoms with Gasteiger partial charge in [0.15, 0.2) is 6.23 Å². The van der Waals surface area contributed by atoms with Gasteiger partial charge in [0.25, 0.3) is 5.69 Å². The van der Waals surface area contributed by atoms with Crippen LogP contribution in [0.2, 0.25) is 0 Å². The van der Waals surface area contributed by atoms with E-state index < -0.39 is 4.92 Å². The number of nitro groups is 1. The number of nitrogens with zero attached hydrogens (tertiary/aromatic N) is 1. The predicted molar refractivity (Wildman–Crippen MR) is 60.7 cm³/mol. The van der Waals surface area contributed by atoms with Crippen LogP contribution in [0, 0.1) is 10.1 Å². The first kappa shape index (κ1) is 11.5. The van der Waals surface area contributed by atoms with Gasteiger partial charge in [-0.05, 0) is 13.0 Å². The maximum atomic E-state index is 10.8. The Labute approximate surface area is 97.7 Å². The number of nitro benzene ring substituents is 1. The third kappa shape index (κ3) is 3.01. The average Bonchev–Trinajstić information content (AvgIpc) is 2.95. The van der Waals surface area contributed by atoms with E-state index in [1.165, 1.54) is 19.1 Å². The van der Waals surface area contributed by atoms with Gasteiger partial charge in [0, 0.05) is 24.2 Å². The van der Waals surface area contributed by atoms with Crippen LogP contribution >= 0.6 is 0 Å². The van der Waals surface area contributed by atoms with E-state index in [9.17, 15) is 14.9 Å². The van der Waals surface area contributed by atoms with Gasteiger partial charge in [-0.1, -0.05) is 6.07 Å². The zero-order valence-electron chi connectivity index (χ0n) is 9.25. The lowest BCUT2D eigenvalue weighted by Gasteiger charge is -2.01. The second kappa shape index (κ2) is 4.50. The summed E-state index contributed by atoms with van der Waals surface area (Å²) in [5.41, 5.74) is 0.647. The Bertz CT molecular complexity index is 461. The summed E-state index contributed by atoms with van der Waals surface area (Å²) >= 11 is 0. The number of Topliss-reactive ketones (excluding diaryl/α,β-unsaturated/α-hetero) is 1. The molecule has 0 radical (unpaired) electrons. The molecule has 1 aliphatic rings. The monoisotopic (exact) mass is 236 g/mol. The topological polar surface area (TPSA) is 84.8 Å². The van der Waals surface area contributed by atoms with Crippen LogP contribution in [0.25, 0.3) is 0 Å². The van der Waals surface area contributed by atoms with Crippen LogP contribution in [-0.2, 0) is 9.53 Å². The van der Waals surface area contributed by atoms with E-state index >= 15 is 0 Å². The zero-order valence-corrected chi connectivity index (χ0v) is 9.25. The summed E-state index contributed by atoms with van der Waals surface area (Å²) < 4.78 is 5.23. The summed E-state index contributed by atoms with van der Waals surface area (Å²) in [6, 6.07) is 6.18. The van der Waals surface area contributed by atoms with Crippen molar-refractivity contribution in [1.82, 2.24) is 0 Å². The number of hydrogen-bond donors (Lipinski definition) is 1. The second-order valence-corrected chi connectivity index (χ2v) is 3.95. The molecule has 0 spiro atoms. The molecule has 1 fully saturated rings. The van der Waals surface area contributed by atoms with Gasteiger partial charge in [0.05, 0.1) is 4.92 Å². The van der Waals surface area contributed by atoms with E-state index in [2.05, 4.69) is 5.32 Å². The van der Waals surface area contributed by atoms with Crippen LogP contribution in [0.15, 0.2) is 24.3 Å². The van der Waals surface area contributed by atoms with Crippen LogP contribution < -0.4 is 5.32 Å². The molecule has 1 aromatic rings. The molecule has 2 unspecified atom stereocenters. The molecule has 1 saturated heterocycles. The Hall–Kier alpha value is -1.95. The van der Waals surface area contributed by atoms with Gasteiger partial charge in [-0.25, -0.2) is 0 Å². The fraction of sp³-hybridized carbons (Fsp3) is 0.364. The molecule has 17 heavy (non-hydrogen) atoms. The first-order valence-corrected chi connectivity index (χ1v) is 5.22. The molecule has 2 atom stereocenters. The molecule has 1 heterocycles. The molecule has 6 heteroatoms. The average molecular weight is 236 g/mol. The molecular formula is C11H12N2O4. The minimum atomic E-state index is -0.452. The number of rotatable bonds is 5. The molecule has 0 aliphatic carbocycles. The number of anilines is 1.